The number of pyridine rings is 1. The first-order valence-electron chi connectivity index (χ1n) is 6.17. The normalized spacial score (nSPS) is 10.3. The van der Waals surface area contributed by atoms with Crippen LogP contribution in [0.3, 0.4) is 0 Å². The van der Waals surface area contributed by atoms with E-state index in [1.54, 1.807) is 12.4 Å². The fourth-order valence-corrected chi connectivity index (χ4v) is 2.07. The van der Waals surface area contributed by atoms with Gasteiger partial charge in [-0.2, -0.15) is 0 Å². The molecule has 0 amide bonds. The highest BCUT2D eigenvalue weighted by molar-refractivity contribution is 6.33. The van der Waals surface area contributed by atoms with E-state index < -0.39 is 0 Å². The maximum atomic E-state index is 6.10. The minimum absolute atomic E-state index is 0.611. The smallest absolute Gasteiger partial charge is 0.122 e. The van der Waals surface area contributed by atoms with Crippen LogP contribution in [0, 0.1) is 6.92 Å². The van der Waals surface area contributed by atoms with Crippen molar-refractivity contribution in [3.8, 4) is 5.75 Å². The van der Waals surface area contributed by atoms with Crippen LogP contribution in [0.4, 0.5) is 5.69 Å². The lowest BCUT2D eigenvalue weighted by Crippen LogP contribution is -2.24. The van der Waals surface area contributed by atoms with Crippen LogP contribution in [-0.2, 0) is 0 Å². The molecule has 19 heavy (non-hydrogen) atoms. The second kappa shape index (κ2) is 6.43. The van der Waals surface area contributed by atoms with Crippen LogP contribution < -0.4 is 9.64 Å². The molecule has 0 unspecified atom stereocenters. The summed E-state index contributed by atoms with van der Waals surface area (Å²) >= 11 is 6.10. The van der Waals surface area contributed by atoms with Gasteiger partial charge in [0.25, 0.3) is 0 Å². The predicted molar refractivity (Wildman–Crippen MR) is 79.2 cm³/mol. The van der Waals surface area contributed by atoms with Crippen molar-refractivity contribution in [1.82, 2.24) is 4.98 Å². The molecule has 100 valence electrons. The third-order valence-electron chi connectivity index (χ3n) is 2.94. The molecule has 2 rings (SSSR count). The fourth-order valence-electron chi connectivity index (χ4n) is 1.81. The van der Waals surface area contributed by atoms with E-state index in [2.05, 4.69) is 9.88 Å². The van der Waals surface area contributed by atoms with Crippen LogP contribution in [0.15, 0.2) is 42.7 Å². The molecule has 1 aromatic carbocycles. The van der Waals surface area contributed by atoms with E-state index in [1.807, 2.05) is 44.3 Å². The summed E-state index contributed by atoms with van der Waals surface area (Å²) in [4.78, 5) is 6.03. The predicted octanol–water partition coefficient (Wildman–Crippen LogP) is 3.56. The third-order valence-corrected chi connectivity index (χ3v) is 3.23. The van der Waals surface area contributed by atoms with Gasteiger partial charge < -0.3 is 9.64 Å². The molecule has 0 saturated heterocycles. The van der Waals surface area contributed by atoms with Gasteiger partial charge in [-0.15, -0.1) is 0 Å². The van der Waals surface area contributed by atoms with Crippen molar-refractivity contribution in [2.45, 2.75) is 6.92 Å². The molecule has 0 aliphatic heterocycles. The Morgan fingerprint density at radius 2 is 2.05 bits per heavy atom. The molecule has 1 heterocycles. The lowest BCUT2D eigenvalue weighted by atomic mass is 10.2. The van der Waals surface area contributed by atoms with E-state index in [-0.39, 0.29) is 0 Å². The molecule has 0 N–H and O–H groups in total. The quantitative estimate of drug-likeness (QED) is 0.835. The highest BCUT2D eigenvalue weighted by Gasteiger charge is 2.06. The second-order valence-electron chi connectivity index (χ2n) is 4.36. The SMILES string of the molecule is Cc1ccccc1OCCN(C)c1ccncc1Cl. The number of anilines is 1. The van der Waals surface area contributed by atoms with Gasteiger partial charge in [-0.1, -0.05) is 29.8 Å². The van der Waals surface area contributed by atoms with E-state index in [0.717, 1.165) is 23.5 Å². The number of aryl methyl sites for hydroxylation is 1. The van der Waals surface area contributed by atoms with Crippen molar-refractivity contribution in [2.75, 3.05) is 25.1 Å². The molecular weight excluding hydrogens is 260 g/mol. The topological polar surface area (TPSA) is 25.4 Å². The van der Waals surface area contributed by atoms with Crippen LogP contribution >= 0.6 is 11.6 Å². The average Bonchev–Trinajstić information content (AvgIpc) is 2.41. The Morgan fingerprint density at radius 1 is 1.26 bits per heavy atom. The number of nitrogens with zero attached hydrogens (tertiary/aromatic N) is 2. The van der Waals surface area contributed by atoms with Crippen molar-refractivity contribution in [3.05, 3.63) is 53.3 Å². The zero-order valence-corrected chi connectivity index (χ0v) is 11.9. The van der Waals surface area contributed by atoms with Gasteiger partial charge in [-0.3, -0.25) is 4.98 Å². The molecule has 2 aromatic rings. The highest BCUT2D eigenvalue weighted by Crippen LogP contribution is 2.23. The molecule has 3 nitrogen and oxygen atoms in total. The minimum Gasteiger partial charge on any atom is -0.491 e. The van der Waals surface area contributed by atoms with Gasteiger partial charge in [-0.25, -0.2) is 0 Å². The van der Waals surface area contributed by atoms with Gasteiger partial charge in [0.05, 0.1) is 17.3 Å². The number of ether oxygens (including phenoxy) is 1. The van der Waals surface area contributed by atoms with Crippen molar-refractivity contribution in [1.29, 1.82) is 0 Å². The zero-order chi connectivity index (χ0) is 13.7. The molecule has 0 aliphatic carbocycles. The Bertz CT molecular complexity index is 545. The molecule has 0 radical (unpaired) electrons. The van der Waals surface area contributed by atoms with Crippen LogP contribution in [0.2, 0.25) is 5.02 Å². The van der Waals surface area contributed by atoms with Crippen LogP contribution in [0.25, 0.3) is 0 Å². The maximum Gasteiger partial charge on any atom is 0.122 e. The van der Waals surface area contributed by atoms with Gasteiger partial charge >= 0.3 is 0 Å². The van der Waals surface area contributed by atoms with E-state index in [0.29, 0.717) is 11.6 Å². The number of likely N-dealkylation sites (N-methyl/N-ethyl adjacent to an activating group) is 1. The number of halogens is 1. The number of para-hydroxylation sites is 1. The molecule has 0 bridgehead atoms. The van der Waals surface area contributed by atoms with Crippen LogP contribution in [0.1, 0.15) is 5.56 Å². The lowest BCUT2D eigenvalue weighted by molar-refractivity contribution is 0.324. The summed E-state index contributed by atoms with van der Waals surface area (Å²) in [6, 6.07) is 9.90. The average molecular weight is 277 g/mol. The van der Waals surface area contributed by atoms with Crippen molar-refractivity contribution in [3.63, 3.8) is 0 Å². The monoisotopic (exact) mass is 276 g/mol. The largest absolute Gasteiger partial charge is 0.491 e. The Labute approximate surface area is 118 Å². The zero-order valence-electron chi connectivity index (χ0n) is 11.1. The van der Waals surface area contributed by atoms with E-state index in [1.165, 1.54) is 0 Å². The van der Waals surface area contributed by atoms with Gasteiger partial charge in [0.1, 0.15) is 12.4 Å². The van der Waals surface area contributed by atoms with Crippen molar-refractivity contribution < 1.29 is 4.74 Å². The van der Waals surface area contributed by atoms with Gasteiger partial charge in [0, 0.05) is 19.4 Å². The number of hydrogen-bond acceptors (Lipinski definition) is 3. The number of rotatable bonds is 5. The molecule has 4 heteroatoms. The summed E-state index contributed by atoms with van der Waals surface area (Å²) in [5, 5.41) is 0.654. The summed E-state index contributed by atoms with van der Waals surface area (Å²) in [6.45, 7) is 3.41. The van der Waals surface area contributed by atoms with Crippen molar-refractivity contribution in [2.24, 2.45) is 0 Å². The molecule has 0 atom stereocenters. The van der Waals surface area contributed by atoms with Crippen LogP contribution in [0.5, 0.6) is 5.75 Å². The standard InChI is InChI=1S/C15H17ClN2O/c1-12-5-3-4-6-15(12)19-10-9-18(2)14-7-8-17-11-13(14)16/h3-8,11H,9-10H2,1-2H3. The molecule has 0 saturated carbocycles. The second-order valence-corrected chi connectivity index (χ2v) is 4.77. The first-order chi connectivity index (χ1) is 9.18. The Morgan fingerprint density at radius 3 is 2.79 bits per heavy atom. The van der Waals surface area contributed by atoms with Gasteiger partial charge in [-0.05, 0) is 24.6 Å². The molecule has 0 fully saturated rings. The minimum atomic E-state index is 0.611. The van der Waals surface area contributed by atoms with E-state index in [4.69, 9.17) is 16.3 Å². The summed E-state index contributed by atoms with van der Waals surface area (Å²) < 4.78 is 5.77. The fraction of sp³-hybridized carbons (Fsp3) is 0.267. The number of aromatic nitrogens is 1. The first-order valence-corrected chi connectivity index (χ1v) is 6.55. The third kappa shape index (κ3) is 3.61. The molecule has 1 aromatic heterocycles. The summed E-state index contributed by atoms with van der Waals surface area (Å²) in [5.41, 5.74) is 2.11. The molecule has 0 aliphatic rings. The molecular formula is C15H17ClN2O. The van der Waals surface area contributed by atoms with Crippen molar-refractivity contribution >= 4 is 17.3 Å². The summed E-state index contributed by atoms with van der Waals surface area (Å²) in [7, 11) is 1.99. The maximum absolute atomic E-state index is 6.10. The highest BCUT2D eigenvalue weighted by atomic mass is 35.5. The van der Waals surface area contributed by atoms with E-state index >= 15 is 0 Å². The number of hydrogen-bond donors (Lipinski definition) is 0. The van der Waals surface area contributed by atoms with Crippen LogP contribution in [-0.4, -0.2) is 25.2 Å². The lowest BCUT2D eigenvalue weighted by Gasteiger charge is -2.20. The summed E-state index contributed by atoms with van der Waals surface area (Å²) in [5.74, 6) is 0.928. The van der Waals surface area contributed by atoms with Gasteiger partial charge in [0.15, 0.2) is 0 Å². The molecule has 0 spiro atoms. The van der Waals surface area contributed by atoms with E-state index in [9.17, 15) is 0 Å². The first kappa shape index (κ1) is 13.7. The Balaban J connectivity index is 1.90. The summed E-state index contributed by atoms with van der Waals surface area (Å²) in [6.07, 6.45) is 3.38. The Kier molecular flexibility index (Phi) is 4.63. The number of benzene rings is 1. The Hall–Kier alpha value is -1.74. The van der Waals surface area contributed by atoms with Gasteiger partial charge in [0.2, 0.25) is 0 Å².